The summed E-state index contributed by atoms with van der Waals surface area (Å²) in [5.41, 5.74) is 19.7. The van der Waals surface area contributed by atoms with E-state index in [2.05, 4.69) is 152 Å². The van der Waals surface area contributed by atoms with Gasteiger partial charge in [-0.05, 0) is 62.3 Å². The first-order valence-electron chi connectivity index (χ1n) is 20.9. The molecule has 0 amide bonds. The fourth-order valence-corrected chi connectivity index (χ4v) is 9.34. The Morgan fingerprint density at radius 3 is 1.62 bits per heavy atom. The van der Waals surface area contributed by atoms with Crippen LogP contribution in [0.5, 0.6) is 0 Å². The number of fused-ring (bicyclic) bond motifs is 5. The number of hydrogen-bond donors (Lipinski definition) is 0. The van der Waals surface area contributed by atoms with Gasteiger partial charge in [-0.1, -0.05) is 132 Å². The number of aryl methyl sites for hydroxylation is 1. The molecule has 3 aliphatic carbocycles. The summed E-state index contributed by atoms with van der Waals surface area (Å²) in [5.74, 6) is -0.539. The molecule has 0 saturated heterocycles. The Morgan fingerprint density at radius 1 is 0.667 bits per heavy atom. The van der Waals surface area contributed by atoms with Gasteiger partial charge in [-0.2, -0.15) is 28.8 Å². The van der Waals surface area contributed by atoms with Gasteiger partial charge >= 0.3 is 108 Å². The first kappa shape index (κ1) is 49.6. The number of allylic oxidation sites excluding steroid dienone is 4. The van der Waals surface area contributed by atoms with Crippen LogP contribution in [-0.4, -0.2) is 3.21 Å². The molecule has 0 unspecified atom stereocenters. The Kier molecular flexibility index (Phi) is 14.8. The van der Waals surface area contributed by atoms with E-state index in [9.17, 15) is 8.78 Å². The Bertz CT molecular complexity index is 2310. The summed E-state index contributed by atoms with van der Waals surface area (Å²) in [6.07, 6.45) is 8.56. The molecule has 0 saturated carbocycles. The molecule has 5 aromatic carbocycles. The van der Waals surface area contributed by atoms with Crippen molar-refractivity contribution in [3.05, 3.63) is 170 Å². The maximum atomic E-state index is 13.0. The fraction of sp³-hybridized carbons (Fsp3) is 0.382. The van der Waals surface area contributed by atoms with Crippen molar-refractivity contribution >= 4 is 14.4 Å². The van der Waals surface area contributed by atoms with E-state index in [0.717, 1.165) is 51.4 Å². The Morgan fingerprint density at radius 2 is 1.18 bits per heavy atom. The molecule has 5 aromatic rings. The van der Waals surface area contributed by atoms with Crippen LogP contribution in [0.3, 0.4) is 0 Å². The van der Waals surface area contributed by atoms with Crippen molar-refractivity contribution < 1.29 is 57.8 Å². The molecule has 0 fully saturated rings. The van der Waals surface area contributed by atoms with Crippen molar-refractivity contribution in [2.45, 2.75) is 126 Å². The monoisotopic (exact) mass is 920 g/mol. The average molecular weight is 923 g/mol. The number of rotatable bonds is 3. The molecule has 0 radical (unpaired) electrons. The van der Waals surface area contributed by atoms with Crippen LogP contribution in [-0.2, 0) is 53.3 Å². The van der Waals surface area contributed by atoms with E-state index < -0.39 is 0 Å². The summed E-state index contributed by atoms with van der Waals surface area (Å²) in [6.45, 7) is 32.3. The van der Waals surface area contributed by atoms with Gasteiger partial charge in [-0.3, -0.25) is 6.08 Å². The molecule has 3 aliphatic rings. The molecule has 0 atom stereocenters. The van der Waals surface area contributed by atoms with Crippen LogP contribution >= 0.6 is 0 Å². The second-order valence-electron chi connectivity index (χ2n) is 20.7. The summed E-state index contributed by atoms with van der Waals surface area (Å²) in [6, 6.07) is 29.5. The zero-order valence-corrected chi connectivity index (χ0v) is 42.1. The molecule has 5 heteroatoms. The number of hydrogen-bond acceptors (Lipinski definition) is 0. The Hall–Kier alpha value is -3.10. The van der Waals surface area contributed by atoms with Gasteiger partial charge < -0.3 is 24.8 Å². The first-order valence-corrected chi connectivity index (χ1v) is 22.1. The van der Waals surface area contributed by atoms with Gasteiger partial charge in [0.1, 0.15) is 0 Å². The summed E-state index contributed by atoms with van der Waals surface area (Å²) < 4.78 is 27.0. The summed E-state index contributed by atoms with van der Waals surface area (Å²) >= 11 is 1.13. The van der Waals surface area contributed by atoms with Gasteiger partial charge in [0.2, 0.25) is 0 Å². The third-order valence-corrected chi connectivity index (χ3v) is 13.3. The zero-order valence-electron chi connectivity index (χ0n) is 38.2. The van der Waals surface area contributed by atoms with Crippen LogP contribution in [0.1, 0.15) is 153 Å². The van der Waals surface area contributed by atoms with E-state index in [4.69, 9.17) is 0 Å². The molecule has 0 nitrogen and oxygen atoms in total. The largest absolute Gasteiger partial charge is 1.00 e. The van der Waals surface area contributed by atoms with Crippen molar-refractivity contribution in [3.8, 4) is 11.1 Å². The van der Waals surface area contributed by atoms with Crippen LogP contribution < -0.4 is 24.8 Å². The van der Waals surface area contributed by atoms with Crippen LogP contribution in [0, 0.1) is 28.5 Å². The van der Waals surface area contributed by atoms with E-state index in [1.54, 1.807) is 12.1 Å². The SMILES string of the molecule is CC(C)(C)C1=[C-]C(C)(C)c2cc3c(cc21)-c1cc2c(cc1C3)C(C)(C)C=C2C(C)(C)C.CCc1cc(C(C)(C)C)c[cH-]1.Fc1cccc([C](=[Zr+2])c2cccc(F)c2)c1.[Cl-].[Cl-]. The molecular formula is C55H62Cl2F2Zr-2. The normalized spacial score (nSPS) is 15.3. The Labute approximate surface area is 387 Å². The average Bonchev–Trinajstić information content (AvgIpc) is 3.88. The maximum absolute atomic E-state index is 13.0. The number of halogens is 4. The van der Waals surface area contributed by atoms with Crippen LogP contribution in [0.4, 0.5) is 8.78 Å². The van der Waals surface area contributed by atoms with Gasteiger partial charge in [0, 0.05) is 5.41 Å². The topological polar surface area (TPSA) is 0 Å². The van der Waals surface area contributed by atoms with Crippen molar-refractivity contribution in [1.82, 2.24) is 0 Å². The Balaban J connectivity index is 0.000000229. The molecule has 0 spiro atoms. The van der Waals surface area contributed by atoms with E-state index in [0.29, 0.717) is 5.41 Å². The fourth-order valence-electron chi connectivity index (χ4n) is 8.58. The third-order valence-electron chi connectivity index (χ3n) is 11.9. The van der Waals surface area contributed by atoms with Gasteiger partial charge in [0.15, 0.2) is 0 Å². The van der Waals surface area contributed by atoms with Gasteiger partial charge in [0.05, 0.1) is 0 Å². The number of benzene rings is 4. The van der Waals surface area contributed by atoms with Crippen LogP contribution in [0.25, 0.3) is 22.3 Å². The molecule has 0 aromatic heterocycles. The predicted molar refractivity (Wildman–Crippen MR) is 240 cm³/mol. The second-order valence-corrected chi connectivity index (χ2v) is 21.9. The van der Waals surface area contributed by atoms with Crippen molar-refractivity contribution in [3.63, 3.8) is 0 Å². The standard InChI is InChI=1S/C31H37.C13H8F2.C11H17.2ClH.Zr/c1-28(2,3)26-16-30(7,8)24-12-18-11-19-13-25-23(15-21(19)20(18)14-22(24)26)27(29(4,5)6)17-31(25,9)10;14-12-5-1-3-10(8-12)7-11-4-2-6-13(15)9-11;1-5-9-6-7-10(8-9)11(2,3)4;;;/h12-16H,11H2,1-10H3;1-6,8-9H;6-8H,5H2,1-4H3;2*1H;/q-1;;-1;;;+2/p-2. The molecule has 0 heterocycles. The van der Waals surface area contributed by atoms with Crippen molar-refractivity contribution in [2.24, 2.45) is 10.8 Å². The van der Waals surface area contributed by atoms with E-state index in [1.807, 2.05) is 12.1 Å². The molecule has 60 heavy (non-hydrogen) atoms. The smallest absolute Gasteiger partial charge is 1.00 e. The third kappa shape index (κ3) is 10.4. The molecule has 0 N–H and O–H groups in total. The van der Waals surface area contributed by atoms with E-state index in [-0.39, 0.29) is 58.1 Å². The zero-order chi connectivity index (χ0) is 42.7. The minimum Gasteiger partial charge on any atom is -1.00 e. The predicted octanol–water partition coefficient (Wildman–Crippen LogP) is 8.86. The molecule has 8 rings (SSSR count). The molecule has 316 valence electrons. The quantitative estimate of drug-likeness (QED) is 0.156. The minimum absolute atomic E-state index is 0. The molecule has 0 bridgehead atoms. The van der Waals surface area contributed by atoms with Crippen molar-refractivity contribution in [1.29, 1.82) is 0 Å². The van der Waals surface area contributed by atoms with Crippen LogP contribution in [0.15, 0.2) is 97.1 Å². The minimum atomic E-state index is -0.270. The van der Waals surface area contributed by atoms with E-state index >= 15 is 0 Å². The first-order chi connectivity index (χ1) is 26.8. The molecular weight excluding hydrogens is 861 g/mol. The van der Waals surface area contributed by atoms with E-state index in [1.165, 1.54) is 91.0 Å². The van der Waals surface area contributed by atoms with Gasteiger partial charge in [-0.15, -0.1) is 11.6 Å². The maximum Gasteiger partial charge on any atom is -1.00 e. The van der Waals surface area contributed by atoms with Gasteiger partial charge in [0.25, 0.3) is 0 Å². The summed E-state index contributed by atoms with van der Waals surface area (Å²) in [5, 5.41) is 0. The second kappa shape index (κ2) is 17.9. The summed E-state index contributed by atoms with van der Waals surface area (Å²) in [4.78, 5) is 0. The summed E-state index contributed by atoms with van der Waals surface area (Å²) in [7, 11) is 0. The van der Waals surface area contributed by atoms with Crippen molar-refractivity contribution in [2.75, 3.05) is 0 Å². The van der Waals surface area contributed by atoms with Crippen LogP contribution in [0.2, 0.25) is 0 Å². The molecule has 0 aliphatic heterocycles. The van der Waals surface area contributed by atoms with Gasteiger partial charge in [-0.25, -0.2) is 11.6 Å².